The van der Waals surface area contributed by atoms with Crippen LogP contribution in [-0.2, 0) is 23.1 Å². The van der Waals surface area contributed by atoms with E-state index in [1.807, 2.05) is 18.2 Å². The first-order chi connectivity index (χ1) is 13.9. The van der Waals surface area contributed by atoms with E-state index in [9.17, 15) is 13.2 Å². The molecule has 156 valence electrons. The fourth-order valence-corrected chi connectivity index (χ4v) is 3.99. The first kappa shape index (κ1) is 21.4. The number of carbonyl (C=O) groups excluding carboxylic acids is 1. The van der Waals surface area contributed by atoms with Gasteiger partial charge in [-0.3, -0.25) is 9.69 Å². The van der Waals surface area contributed by atoms with Crippen molar-refractivity contribution in [3.63, 3.8) is 0 Å². The van der Waals surface area contributed by atoms with Crippen LogP contribution in [0.1, 0.15) is 21.5 Å². The summed E-state index contributed by atoms with van der Waals surface area (Å²) in [7, 11) is 0.0573. The first-order valence-electron chi connectivity index (χ1n) is 9.68. The molecule has 2 aromatic rings. The van der Waals surface area contributed by atoms with Crippen molar-refractivity contribution in [3.8, 4) is 0 Å². The molecular weight excluding hydrogens is 388 g/mol. The third-order valence-electron chi connectivity index (χ3n) is 5.15. The molecule has 0 aromatic heterocycles. The summed E-state index contributed by atoms with van der Waals surface area (Å²) in [4.78, 5) is 17.5. The van der Waals surface area contributed by atoms with Crippen molar-refractivity contribution >= 4 is 15.9 Å². The summed E-state index contributed by atoms with van der Waals surface area (Å²) in [5, 5.41) is 2.90. The average Bonchev–Trinajstić information content (AvgIpc) is 2.74. The van der Waals surface area contributed by atoms with Crippen LogP contribution in [0.3, 0.4) is 0 Å². The lowest BCUT2D eigenvalue weighted by atomic mass is 10.1. The molecule has 2 N–H and O–H groups in total. The molecule has 0 saturated carbocycles. The van der Waals surface area contributed by atoms with Crippen molar-refractivity contribution in [2.45, 2.75) is 18.0 Å². The molecule has 1 aliphatic rings. The molecule has 2 aromatic carbocycles. The van der Waals surface area contributed by atoms with Gasteiger partial charge in [-0.25, -0.2) is 13.1 Å². The molecule has 1 aliphatic heterocycles. The van der Waals surface area contributed by atoms with Crippen LogP contribution >= 0.6 is 0 Å². The molecule has 0 bridgehead atoms. The fourth-order valence-electron chi connectivity index (χ4n) is 3.26. The molecule has 0 aliphatic carbocycles. The topological polar surface area (TPSA) is 81.8 Å². The van der Waals surface area contributed by atoms with Crippen LogP contribution in [0.4, 0.5) is 0 Å². The molecule has 1 saturated heterocycles. The van der Waals surface area contributed by atoms with E-state index in [2.05, 4.69) is 33.0 Å². The van der Waals surface area contributed by atoms with Crippen LogP contribution in [0.15, 0.2) is 53.4 Å². The largest absolute Gasteiger partial charge is 0.348 e. The van der Waals surface area contributed by atoms with Gasteiger partial charge < -0.3 is 10.2 Å². The molecular formula is C21H28N4O3S. The number of nitrogens with zero attached hydrogens (tertiary/aromatic N) is 2. The smallest absolute Gasteiger partial charge is 0.251 e. The predicted octanol–water partition coefficient (Wildman–Crippen LogP) is 1.27. The Morgan fingerprint density at radius 1 is 1.00 bits per heavy atom. The predicted molar refractivity (Wildman–Crippen MR) is 113 cm³/mol. The number of carbonyl (C=O) groups is 1. The molecule has 0 spiro atoms. The van der Waals surface area contributed by atoms with Gasteiger partial charge in [0, 0.05) is 44.8 Å². The lowest BCUT2D eigenvalue weighted by Crippen LogP contribution is -2.43. The molecule has 7 nitrogen and oxygen atoms in total. The van der Waals surface area contributed by atoms with Crippen molar-refractivity contribution in [2.75, 3.05) is 40.3 Å². The van der Waals surface area contributed by atoms with Crippen LogP contribution in [0, 0.1) is 0 Å². The Labute approximate surface area is 172 Å². The van der Waals surface area contributed by atoms with Gasteiger partial charge in [-0.05, 0) is 49.5 Å². The van der Waals surface area contributed by atoms with E-state index >= 15 is 0 Å². The number of likely N-dealkylation sites (N-methyl/N-ethyl adjacent to an activating group) is 1. The maximum atomic E-state index is 12.5. The molecule has 8 heteroatoms. The highest BCUT2D eigenvalue weighted by atomic mass is 32.2. The van der Waals surface area contributed by atoms with Gasteiger partial charge >= 0.3 is 0 Å². The molecule has 29 heavy (non-hydrogen) atoms. The highest BCUT2D eigenvalue weighted by molar-refractivity contribution is 7.89. The summed E-state index contributed by atoms with van der Waals surface area (Å²) >= 11 is 0. The number of rotatable bonds is 7. The SMILES string of the molecule is CNS(=O)(=O)c1ccc(CNC(=O)c2cccc(CN3CCN(C)CC3)c2)cc1. The zero-order valence-electron chi connectivity index (χ0n) is 16.9. The monoisotopic (exact) mass is 416 g/mol. The highest BCUT2D eigenvalue weighted by Crippen LogP contribution is 2.12. The standard InChI is InChI=1S/C21H28N4O3S/c1-22-29(27,28)20-8-6-17(7-9-20)15-23-21(26)19-5-3-4-18(14-19)16-25-12-10-24(2)11-13-25/h3-9,14,22H,10-13,15-16H2,1-2H3,(H,23,26). The number of nitrogens with one attached hydrogen (secondary N) is 2. The van der Waals surface area contributed by atoms with Gasteiger partial charge in [0.15, 0.2) is 0 Å². The third-order valence-corrected chi connectivity index (χ3v) is 6.58. The van der Waals surface area contributed by atoms with E-state index in [4.69, 9.17) is 0 Å². The number of sulfonamides is 1. The maximum Gasteiger partial charge on any atom is 0.251 e. The molecule has 1 heterocycles. The molecule has 3 rings (SSSR count). The van der Waals surface area contributed by atoms with Crippen molar-refractivity contribution in [1.29, 1.82) is 0 Å². The van der Waals surface area contributed by atoms with Gasteiger partial charge in [0.2, 0.25) is 10.0 Å². The molecule has 1 fully saturated rings. The Kier molecular flexibility index (Phi) is 7.02. The van der Waals surface area contributed by atoms with E-state index in [0.29, 0.717) is 12.1 Å². The van der Waals surface area contributed by atoms with Crippen LogP contribution < -0.4 is 10.0 Å². The summed E-state index contributed by atoms with van der Waals surface area (Å²) < 4.78 is 25.8. The second kappa shape index (κ2) is 9.49. The van der Waals surface area contributed by atoms with E-state index in [0.717, 1.165) is 43.9 Å². The lowest BCUT2D eigenvalue weighted by Gasteiger charge is -2.32. The highest BCUT2D eigenvalue weighted by Gasteiger charge is 2.15. The minimum Gasteiger partial charge on any atom is -0.348 e. The molecule has 1 amide bonds. The summed E-state index contributed by atoms with van der Waals surface area (Å²) in [6.45, 7) is 5.37. The minimum atomic E-state index is -3.45. The van der Waals surface area contributed by atoms with Crippen molar-refractivity contribution in [1.82, 2.24) is 19.8 Å². The van der Waals surface area contributed by atoms with Crippen molar-refractivity contribution < 1.29 is 13.2 Å². The summed E-state index contributed by atoms with van der Waals surface area (Å²) in [6, 6.07) is 14.2. The van der Waals surface area contributed by atoms with Gasteiger partial charge in [-0.2, -0.15) is 0 Å². The average molecular weight is 417 g/mol. The molecule has 0 unspecified atom stereocenters. The number of piperazine rings is 1. The van der Waals surface area contributed by atoms with Gasteiger partial charge in [0.05, 0.1) is 4.90 Å². The van der Waals surface area contributed by atoms with Crippen LogP contribution in [-0.4, -0.2) is 64.4 Å². The van der Waals surface area contributed by atoms with Crippen LogP contribution in [0.5, 0.6) is 0 Å². The van der Waals surface area contributed by atoms with Crippen molar-refractivity contribution in [3.05, 3.63) is 65.2 Å². The third kappa shape index (κ3) is 5.86. The van der Waals surface area contributed by atoms with Gasteiger partial charge in [-0.15, -0.1) is 0 Å². The Morgan fingerprint density at radius 3 is 2.34 bits per heavy atom. The molecule has 0 atom stereocenters. The van der Waals surface area contributed by atoms with Crippen LogP contribution in [0.25, 0.3) is 0 Å². The number of benzene rings is 2. The van der Waals surface area contributed by atoms with Crippen molar-refractivity contribution in [2.24, 2.45) is 0 Å². The fraction of sp³-hybridized carbons (Fsp3) is 0.381. The summed E-state index contributed by atoms with van der Waals surface area (Å²) in [5.41, 5.74) is 2.59. The van der Waals surface area contributed by atoms with Gasteiger partial charge in [0.25, 0.3) is 5.91 Å². The molecule has 0 radical (unpaired) electrons. The van der Waals surface area contributed by atoms with E-state index in [1.165, 1.54) is 19.2 Å². The van der Waals surface area contributed by atoms with Gasteiger partial charge in [0.1, 0.15) is 0 Å². The number of amides is 1. The number of hydrogen-bond acceptors (Lipinski definition) is 5. The summed E-state index contributed by atoms with van der Waals surface area (Å²) in [5.74, 6) is -0.142. The Hall–Kier alpha value is -2.26. The zero-order valence-corrected chi connectivity index (χ0v) is 17.7. The Balaban J connectivity index is 1.57. The van der Waals surface area contributed by atoms with E-state index < -0.39 is 10.0 Å². The summed E-state index contributed by atoms with van der Waals surface area (Å²) in [6.07, 6.45) is 0. The second-order valence-corrected chi connectivity index (χ2v) is 9.20. The zero-order chi connectivity index (χ0) is 20.9. The van der Waals surface area contributed by atoms with Gasteiger partial charge in [-0.1, -0.05) is 24.3 Å². The first-order valence-corrected chi connectivity index (χ1v) is 11.2. The Bertz CT molecular complexity index is 937. The minimum absolute atomic E-state index is 0.142. The lowest BCUT2D eigenvalue weighted by molar-refractivity contribution is 0.0950. The quantitative estimate of drug-likeness (QED) is 0.711. The van der Waals surface area contributed by atoms with E-state index in [-0.39, 0.29) is 10.8 Å². The number of hydrogen-bond donors (Lipinski definition) is 2. The second-order valence-electron chi connectivity index (χ2n) is 7.31. The maximum absolute atomic E-state index is 12.5. The Morgan fingerprint density at radius 2 is 1.69 bits per heavy atom. The normalized spacial score (nSPS) is 15.9. The van der Waals surface area contributed by atoms with Crippen LogP contribution in [0.2, 0.25) is 0 Å². The van der Waals surface area contributed by atoms with E-state index in [1.54, 1.807) is 12.1 Å².